The average molecular weight is 323 g/mol. The normalized spacial score (nSPS) is 13.6. The predicted molar refractivity (Wildman–Crippen MR) is 97.0 cm³/mol. The summed E-state index contributed by atoms with van der Waals surface area (Å²) in [6.07, 6.45) is 21.4. The topological polar surface area (TPSA) is 20.2 Å². The van der Waals surface area contributed by atoms with Crippen molar-refractivity contribution in [2.24, 2.45) is 0 Å². The van der Waals surface area contributed by atoms with E-state index in [2.05, 4.69) is 13.8 Å². The zero-order valence-electron chi connectivity index (χ0n) is 17.3. The smallest absolute Gasteiger partial charge is 1.00 e. The van der Waals surface area contributed by atoms with Crippen LogP contribution in [-0.2, 0) is 0 Å². The van der Waals surface area contributed by atoms with Crippen LogP contribution in [0.5, 0.6) is 0 Å². The maximum atomic E-state index is 9.91. The Morgan fingerprint density at radius 2 is 0.955 bits per heavy atom. The average Bonchev–Trinajstić information content (AvgIpc) is 2.47. The molecule has 0 aromatic rings. The van der Waals surface area contributed by atoms with Gasteiger partial charge in [-0.25, -0.2) is 0 Å². The van der Waals surface area contributed by atoms with Crippen molar-refractivity contribution >= 4 is 0 Å². The molecule has 0 rings (SSSR count). The quantitative estimate of drug-likeness (QED) is 0.334. The monoisotopic (exact) mass is 322 g/mol. The van der Waals surface area contributed by atoms with Crippen LogP contribution in [0.15, 0.2) is 0 Å². The minimum Gasteiger partial charge on any atom is -1.00 e. The molecule has 1 unspecified atom stereocenters. The molecule has 0 saturated carbocycles. The van der Waals surface area contributed by atoms with Gasteiger partial charge in [0.25, 0.3) is 0 Å². The van der Waals surface area contributed by atoms with Gasteiger partial charge in [0.2, 0.25) is 0 Å². The van der Waals surface area contributed by atoms with Gasteiger partial charge in [-0.05, 0) is 19.8 Å². The van der Waals surface area contributed by atoms with E-state index in [9.17, 15) is 5.11 Å². The maximum Gasteiger partial charge on any atom is 1.00 e. The van der Waals surface area contributed by atoms with Gasteiger partial charge in [0.1, 0.15) is 0 Å². The summed E-state index contributed by atoms with van der Waals surface area (Å²) in [7, 11) is 0. The molecule has 0 aliphatic carbocycles. The van der Waals surface area contributed by atoms with E-state index in [1.54, 1.807) is 0 Å². The van der Waals surface area contributed by atoms with Crippen molar-refractivity contribution in [2.75, 3.05) is 0 Å². The molecule has 0 saturated heterocycles. The Kier molecular flexibility index (Phi) is 21.0. The van der Waals surface area contributed by atoms with Crippen LogP contribution in [0.1, 0.15) is 125 Å². The molecule has 1 atom stereocenters. The van der Waals surface area contributed by atoms with Gasteiger partial charge in [-0.2, -0.15) is 0 Å². The van der Waals surface area contributed by atoms with Crippen molar-refractivity contribution in [3.8, 4) is 0 Å². The van der Waals surface area contributed by atoms with Gasteiger partial charge in [-0.1, -0.05) is 104 Å². The third-order valence-electron chi connectivity index (χ3n) is 4.83. The van der Waals surface area contributed by atoms with E-state index in [4.69, 9.17) is 0 Å². The Hall–Kier alpha value is 0.960. The molecule has 1 nitrogen and oxygen atoms in total. The summed E-state index contributed by atoms with van der Waals surface area (Å²) in [6, 6.07) is 0. The number of hydrogen-bond acceptors (Lipinski definition) is 1. The Balaban J connectivity index is -0.00000200. The molecular formula is C20H43NaO. The molecule has 1 N–H and O–H groups in total. The van der Waals surface area contributed by atoms with Crippen LogP contribution in [0.25, 0.3) is 0 Å². The van der Waals surface area contributed by atoms with E-state index in [0.717, 1.165) is 12.8 Å². The Labute approximate surface area is 164 Å². The molecule has 0 amide bonds. The number of hydrogen-bond donors (Lipinski definition) is 1. The largest absolute Gasteiger partial charge is 1.00 e. The summed E-state index contributed by atoms with van der Waals surface area (Å²) in [4.78, 5) is 0. The third-order valence-corrected chi connectivity index (χ3v) is 4.83. The van der Waals surface area contributed by atoms with Crippen LogP contribution in [-0.4, -0.2) is 10.7 Å². The van der Waals surface area contributed by atoms with Crippen molar-refractivity contribution in [3.05, 3.63) is 0 Å². The number of unbranched alkanes of at least 4 members (excludes halogenated alkanes) is 13. The van der Waals surface area contributed by atoms with E-state index in [-0.39, 0.29) is 31.0 Å². The molecular weight excluding hydrogens is 279 g/mol. The second-order valence-corrected chi connectivity index (χ2v) is 7.20. The van der Waals surface area contributed by atoms with Crippen LogP contribution in [0.3, 0.4) is 0 Å². The first-order valence-corrected chi connectivity index (χ1v) is 9.84. The Morgan fingerprint density at radius 3 is 1.27 bits per heavy atom. The van der Waals surface area contributed by atoms with Gasteiger partial charge in [0.15, 0.2) is 0 Å². The molecule has 130 valence electrons. The molecule has 2 heteroatoms. The second-order valence-electron chi connectivity index (χ2n) is 7.20. The fourth-order valence-corrected chi connectivity index (χ4v) is 2.88. The van der Waals surface area contributed by atoms with Crippen molar-refractivity contribution in [3.63, 3.8) is 0 Å². The van der Waals surface area contributed by atoms with E-state index in [1.165, 1.54) is 89.9 Å². The standard InChI is InChI=1S/C20H42O.Na.H/c1-4-6-7-8-9-10-11-12-13-14-15-16-17-18-19-20(3,21)5-2;;/h21H,4-19H2,1-3H3;;/q;+1;-1. The van der Waals surface area contributed by atoms with Crippen LogP contribution in [0.2, 0.25) is 0 Å². The molecule has 22 heavy (non-hydrogen) atoms. The second kappa shape index (κ2) is 18.3. The van der Waals surface area contributed by atoms with Gasteiger partial charge in [0, 0.05) is 0 Å². The predicted octanol–water partition coefficient (Wildman–Crippen LogP) is 4.14. The first-order valence-electron chi connectivity index (χ1n) is 9.84. The third kappa shape index (κ3) is 19.0. The first-order chi connectivity index (χ1) is 10.1. The molecule has 0 fully saturated rings. The van der Waals surface area contributed by atoms with E-state index >= 15 is 0 Å². The van der Waals surface area contributed by atoms with Crippen LogP contribution in [0, 0.1) is 0 Å². The minimum absolute atomic E-state index is 0. The van der Waals surface area contributed by atoms with E-state index in [0.29, 0.717) is 0 Å². The summed E-state index contributed by atoms with van der Waals surface area (Å²) >= 11 is 0. The fourth-order valence-electron chi connectivity index (χ4n) is 2.88. The Morgan fingerprint density at radius 1 is 0.636 bits per heavy atom. The molecule has 0 aromatic heterocycles. The minimum atomic E-state index is -0.420. The summed E-state index contributed by atoms with van der Waals surface area (Å²) < 4.78 is 0. The van der Waals surface area contributed by atoms with Crippen LogP contribution in [0.4, 0.5) is 0 Å². The van der Waals surface area contributed by atoms with Crippen molar-refractivity contribution in [1.82, 2.24) is 0 Å². The molecule has 0 heterocycles. The van der Waals surface area contributed by atoms with Crippen LogP contribution < -0.4 is 29.6 Å². The van der Waals surface area contributed by atoms with Gasteiger partial charge in [0.05, 0.1) is 5.60 Å². The van der Waals surface area contributed by atoms with Gasteiger partial charge >= 0.3 is 29.6 Å². The summed E-state index contributed by atoms with van der Waals surface area (Å²) in [5, 5.41) is 9.91. The number of rotatable bonds is 16. The van der Waals surface area contributed by atoms with Crippen molar-refractivity contribution in [1.29, 1.82) is 0 Å². The molecule has 0 aliphatic heterocycles. The number of aliphatic hydroxyl groups is 1. The summed E-state index contributed by atoms with van der Waals surface area (Å²) in [6.45, 7) is 6.32. The zero-order valence-corrected chi connectivity index (χ0v) is 18.3. The molecule has 0 radical (unpaired) electrons. The van der Waals surface area contributed by atoms with Crippen molar-refractivity contribution in [2.45, 2.75) is 129 Å². The summed E-state index contributed by atoms with van der Waals surface area (Å²) in [5.74, 6) is 0. The zero-order chi connectivity index (χ0) is 15.8. The molecule has 0 bridgehead atoms. The molecule has 0 aromatic carbocycles. The Bertz CT molecular complexity index is 210. The van der Waals surface area contributed by atoms with Gasteiger partial charge in [-0.15, -0.1) is 0 Å². The molecule has 0 spiro atoms. The summed E-state index contributed by atoms with van der Waals surface area (Å²) in [5.41, 5.74) is -0.420. The van der Waals surface area contributed by atoms with Crippen LogP contribution >= 0.6 is 0 Å². The van der Waals surface area contributed by atoms with E-state index < -0.39 is 5.60 Å². The van der Waals surface area contributed by atoms with Crippen molar-refractivity contribution < 1.29 is 36.1 Å². The van der Waals surface area contributed by atoms with E-state index in [1.807, 2.05) is 6.92 Å². The fraction of sp³-hybridized carbons (Fsp3) is 1.00. The molecule has 0 aliphatic rings. The maximum absolute atomic E-state index is 9.91. The van der Waals surface area contributed by atoms with Gasteiger partial charge < -0.3 is 6.53 Å². The van der Waals surface area contributed by atoms with Gasteiger partial charge in [-0.3, -0.25) is 0 Å². The SMILES string of the molecule is CCCCCCCCCCCCCCCCC(C)(O)CC.[H-].[Na+]. The first kappa shape index (κ1) is 25.2.